The molecular weight excluding hydrogens is 314 g/mol. The largest absolute Gasteiger partial charge is 0.357 e. The summed E-state index contributed by atoms with van der Waals surface area (Å²) in [5, 5.41) is 2.88. The fraction of sp³-hybridized carbons (Fsp3) is 0.737. The van der Waals surface area contributed by atoms with E-state index in [2.05, 4.69) is 20.2 Å². The minimum absolute atomic E-state index is 0.0182. The predicted octanol–water partition coefficient (Wildman–Crippen LogP) is 2.78. The van der Waals surface area contributed by atoms with Crippen molar-refractivity contribution in [3.05, 3.63) is 18.0 Å². The van der Waals surface area contributed by atoms with E-state index in [0.717, 1.165) is 6.54 Å². The molecular formula is C19H31N5O. The van der Waals surface area contributed by atoms with Gasteiger partial charge in [0.2, 0.25) is 5.95 Å². The van der Waals surface area contributed by atoms with Crippen LogP contribution in [0.4, 0.5) is 5.95 Å². The molecule has 1 saturated heterocycles. The van der Waals surface area contributed by atoms with Crippen molar-refractivity contribution in [2.45, 2.75) is 56.9 Å². The number of hydrogen-bond acceptors (Lipinski definition) is 5. The Morgan fingerprint density at radius 2 is 1.72 bits per heavy atom. The number of nitrogens with zero attached hydrogens (tertiary/aromatic N) is 4. The van der Waals surface area contributed by atoms with E-state index in [4.69, 9.17) is 0 Å². The molecule has 0 unspecified atom stereocenters. The summed E-state index contributed by atoms with van der Waals surface area (Å²) < 4.78 is 0. The molecule has 2 heterocycles. The second-order valence-corrected chi connectivity index (χ2v) is 7.54. The van der Waals surface area contributed by atoms with Crippen molar-refractivity contribution in [3.63, 3.8) is 0 Å². The van der Waals surface area contributed by atoms with Crippen LogP contribution in [0.2, 0.25) is 0 Å². The number of likely N-dealkylation sites (N-methyl/N-ethyl adjacent to an activating group) is 1. The number of amides is 1. The van der Waals surface area contributed by atoms with Gasteiger partial charge in [0.05, 0.1) is 5.56 Å². The lowest BCUT2D eigenvalue weighted by molar-refractivity contribution is 0.00988. The SMILES string of the molecule is CNc1ncc(C(=O)N(C)CC2(N3CCCCC3)CCCCC2)cn1. The second-order valence-electron chi connectivity index (χ2n) is 7.54. The Morgan fingerprint density at radius 3 is 2.32 bits per heavy atom. The summed E-state index contributed by atoms with van der Waals surface area (Å²) in [6.07, 6.45) is 13.5. The first kappa shape index (κ1) is 18.1. The zero-order valence-electron chi connectivity index (χ0n) is 15.6. The van der Waals surface area contributed by atoms with Gasteiger partial charge in [-0.1, -0.05) is 25.7 Å². The van der Waals surface area contributed by atoms with Crippen LogP contribution in [0.3, 0.4) is 0 Å². The molecule has 0 atom stereocenters. The first-order valence-electron chi connectivity index (χ1n) is 9.65. The van der Waals surface area contributed by atoms with Crippen LogP contribution in [0.25, 0.3) is 0 Å². The molecule has 0 aromatic carbocycles. The first-order chi connectivity index (χ1) is 12.1. The molecule has 1 saturated carbocycles. The van der Waals surface area contributed by atoms with E-state index < -0.39 is 0 Å². The first-order valence-corrected chi connectivity index (χ1v) is 9.65. The lowest BCUT2D eigenvalue weighted by Gasteiger charge is -2.49. The Labute approximate surface area is 151 Å². The molecule has 2 aliphatic rings. The summed E-state index contributed by atoms with van der Waals surface area (Å²) in [6, 6.07) is 0. The third-order valence-corrected chi connectivity index (χ3v) is 5.81. The van der Waals surface area contributed by atoms with Crippen LogP contribution in [-0.2, 0) is 0 Å². The predicted molar refractivity (Wildman–Crippen MR) is 99.8 cm³/mol. The standard InChI is InChI=1S/C19H31N5O/c1-20-18-21-13-16(14-22-18)17(25)23(2)15-19(9-5-3-6-10-19)24-11-7-4-8-12-24/h13-14H,3-12,15H2,1-2H3,(H,20,21,22). The number of anilines is 1. The number of carbonyl (C=O) groups excluding carboxylic acids is 1. The zero-order chi connectivity index (χ0) is 17.7. The molecule has 1 aromatic rings. The van der Waals surface area contributed by atoms with E-state index in [9.17, 15) is 4.79 Å². The summed E-state index contributed by atoms with van der Waals surface area (Å²) in [7, 11) is 3.70. The number of rotatable bonds is 5. The minimum atomic E-state index is 0.0182. The van der Waals surface area contributed by atoms with Crippen molar-refractivity contribution in [3.8, 4) is 0 Å². The van der Waals surface area contributed by atoms with Crippen molar-refractivity contribution in [2.24, 2.45) is 0 Å². The van der Waals surface area contributed by atoms with Gasteiger partial charge in [-0.3, -0.25) is 9.69 Å². The van der Waals surface area contributed by atoms with Crippen LogP contribution in [0, 0.1) is 0 Å². The van der Waals surface area contributed by atoms with Crippen LogP contribution in [0.15, 0.2) is 12.4 Å². The highest BCUT2D eigenvalue weighted by Crippen LogP contribution is 2.36. The van der Waals surface area contributed by atoms with Crippen molar-refractivity contribution >= 4 is 11.9 Å². The number of carbonyl (C=O) groups is 1. The van der Waals surface area contributed by atoms with Crippen molar-refractivity contribution < 1.29 is 4.79 Å². The van der Waals surface area contributed by atoms with E-state index in [1.807, 2.05) is 11.9 Å². The number of likely N-dealkylation sites (tertiary alicyclic amines) is 1. The Kier molecular flexibility index (Phi) is 5.89. The van der Waals surface area contributed by atoms with Gasteiger partial charge in [0.25, 0.3) is 5.91 Å². The van der Waals surface area contributed by atoms with Crippen LogP contribution < -0.4 is 5.32 Å². The molecule has 6 heteroatoms. The molecule has 138 valence electrons. The highest BCUT2D eigenvalue weighted by Gasteiger charge is 2.40. The van der Waals surface area contributed by atoms with Crippen LogP contribution in [0.5, 0.6) is 0 Å². The van der Waals surface area contributed by atoms with Crippen LogP contribution in [-0.4, -0.2) is 64.9 Å². The summed E-state index contributed by atoms with van der Waals surface area (Å²) in [4.78, 5) is 25.8. The maximum Gasteiger partial charge on any atom is 0.256 e. The third-order valence-electron chi connectivity index (χ3n) is 5.81. The fourth-order valence-electron chi connectivity index (χ4n) is 4.45. The van der Waals surface area contributed by atoms with E-state index in [1.54, 1.807) is 19.4 Å². The molecule has 1 aliphatic heterocycles. The Bertz CT molecular complexity index is 562. The van der Waals surface area contributed by atoms with Gasteiger partial charge in [0.15, 0.2) is 0 Å². The van der Waals surface area contributed by atoms with E-state index in [0.29, 0.717) is 11.5 Å². The Morgan fingerprint density at radius 1 is 1.12 bits per heavy atom. The molecule has 1 aromatic heterocycles. The lowest BCUT2D eigenvalue weighted by atomic mass is 9.78. The van der Waals surface area contributed by atoms with Crippen LogP contribution >= 0.6 is 0 Å². The van der Waals surface area contributed by atoms with Gasteiger partial charge in [0, 0.05) is 38.6 Å². The quantitative estimate of drug-likeness (QED) is 0.889. The molecule has 0 radical (unpaired) electrons. The van der Waals surface area contributed by atoms with Crippen molar-refractivity contribution in [1.82, 2.24) is 19.8 Å². The average Bonchev–Trinajstić information content (AvgIpc) is 2.69. The van der Waals surface area contributed by atoms with E-state index >= 15 is 0 Å². The molecule has 2 fully saturated rings. The smallest absolute Gasteiger partial charge is 0.256 e. The normalized spacial score (nSPS) is 20.9. The minimum Gasteiger partial charge on any atom is -0.357 e. The number of piperidine rings is 1. The van der Waals surface area contributed by atoms with Gasteiger partial charge in [-0.15, -0.1) is 0 Å². The summed E-state index contributed by atoms with van der Waals surface area (Å²) in [5.41, 5.74) is 0.723. The van der Waals surface area contributed by atoms with E-state index in [1.165, 1.54) is 64.5 Å². The van der Waals surface area contributed by atoms with Gasteiger partial charge in [0.1, 0.15) is 0 Å². The topological polar surface area (TPSA) is 61.4 Å². The van der Waals surface area contributed by atoms with E-state index in [-0.39, 0.29) is 11.4 Å². The highest BCUT2D eigenvalue weighted by molar-refractivity contribution is 5.93. The number of aromatic nitrogens is 2. The van der Waals surface area contributed by atoms with Crippen molar-refractivity contribution in [1.29, 1.82) is 0 Å². The molecule has 0 bridgehead atoms. The summed E-state index contributed by atoms with van der Waals surface area (Å²) >= 11 is 0. The molecule has 25 heavy (non-hydrogen) atoms. The highest BCUT2D eigenvalue weighted by atomic mass is 16.2. The summed E-state index contributed by atoms with van der Waals surface area (Å²) in [5.74, 6) is 0.556. The molecule has 0 spiro atoms. The third kappa shape index (κ3) is 4.11. The fourth-order valence-corrected chi connectivity index (χ4v) is 4.45. The van der Waals surface area contributed by atoms with Gasteiger partial charge >= 0.3 is 0 Å². The molecule has 3 rings (SSSR count). The number of nitrogens with one attached hydrogen (secondary N) is 1. The summed E-state index contributed by atoms with van der Waals surface area (Å²) in [6.45, 7) is 3.17. The average molecular weight is 345 g/mol. The zero-order valence-corrected chi connectivity index (χ0v) is 15.6. The lowest BCUT2D eigenvalue weighted by Crippen LogP contribution is -2.58. The van der Waals surface area contributed by atoms with Gasteiger partial charge < -0.3 is 10.2 Å². The Balaban J connectivity index is 1.72. The Hall–Kier alpha value is -1.69. The van der Waals surface area contributed by atoms with Crippen molar-refractivity contribution in [2.75, 3.05) is 39.0 Å². The maximum absolute atomic E-state index is 12.8. The van der Waals surface area contributed by atoms with Crippen LogP contribution in [0.1, 0.15) is 61.7 Å². The molecule has 6 nitrogen and oxygen atoms in total. The van der Waals surface area contributed by atoms with Gasteiger partial charge in [-0.2, -0.15) is 0 Å². The monoisotopic (exact) mass is 345 g/mol. The molecule has 1 amide bonds. The van der Waals surface area contributed by atoms with Gasteiger partial charge in [-0.25, -0.2) is 9.97 Å². The second kappa shape index (κ2) is 8.13. The molecule has 1 N–H and O–H groups in total. The van der Waals surface area contributed by atoms with Gasteiger partial charge in [-0.05, 0) is 38.8 Å². The molecule has 1 aliphatic carbocycles. The maximum atomic E-state index is 12.8. The number of hydrogen-bond donors (Lipinski definition) is 1.